The molecule has 0 atom stereocenters. The van der Waals surface area contributed by atoms with E-state index in [0.29, 0.717) is 12.4 Å². The van der Waals surface area contributed by atoms with Crippen molar-refractivity contribution in [2.24, 2.45) is 0 Å². The minimum absolute atomic E-state index is 0.682. The highest BCUT2D eigenvalue weighted by atomic mass is 15.3. The zero-order chi connectivity index (χ0) is 17.8. The molecule has 0 fully saturated rings. The first-order chi connectivity index (χ1) is 12.8. The number of benzene rings is 1. The second kappa shape index (κ2) is 7.18. The molecule has 0 aliphatic rings. The van der Waals surface area contributed by atoms with Gasteiger partial charge in [-0.1, -0.05) is 24.3 Å². The van der Waals surface area contributed by atoms with Gasteiger partial charge in [0.25, 0.3) is 0 Å². The van der Waals surface area contributed by atoms with E-state index in [1.165, 1.54) is 11.1 Å². The topological polar surface area (TPSA) is 73.5 Å². The van der Waals surface area contributed by atoms with E-state index in [9.17, 15) is 0 Å². The maximum absolute atomic E-state index is 4.33. The van der Waals surface area contributed by atoms with E-state index < -0.39 is 0 Å². The van der Waals surface area contributed by atoms with Gasteiger partial charge in [0, 0.05) is 25.1 Å². The van der Waals surface area contributed by atoms with Crippen LogP contribution in [0, 0.1) is 6.92 Å². The normalized spacial score (nSPS) is 10.8. The summed E-state index contributed by atoms with van der Waals surface area (Å²) in [6.07, 6.45) is 5.62. The summed E-state index contributed by atoms with van der Waals surface area (Å²) in [6.45, 7) is 3.39. The standard InChI is InChI=1S/C19H19N7/c1-15-8-11-26(24-15)19-7-6-18(22-23-19)20-13-16-4-2-5-17(12-16)14-25-10-3-9-21-25/h2-12H,13-14H2,1H3,(H,20,22). The summed E-state index contributed by atoms with van der Waals surface area (Å²) in [6, 6.07) is 16.1. The molecule has 26 heavy (non-hydrogen) atoms. The minimum Gasteiger partial charge on any atom is -0.365 e. The molecular weight excluding hydrogens is 326 g/mol. The van der Waals surface area contributed by atoms with Crippen LogP contribution in [0.5, 0.6) is 0 Å². The molecule has 0 aliphatic carbocycles. The van der Waals surface area contributed by atoms with Gasteiger partial charge in [-0.05, 0) is 42.3 Å². The summed E-state index contributed by atoms with van der Waals surface area (Å²) >= 11 is 0. The first-order valence-electron chi connectivity index (χ1n) is 8.42. The van der Waals surface area contributed by atoms with Gasteiger partial charge in [0.2, 0.25) is 0 Å². The van der Waals surface area contributed by atoms with Crippen molar-refractivity contribution in [2.45, 2.75) is 20.0 Å². The Morgan fingerprint density at radius 3 is 2.62 bits per heavy atom. The van der Waals surface area contributed by atoms with E-state index >= 15 is 0 Å². The lowest BCUT2D eigenvalue weighted by Crippen LogP contribution is -2.06. The third kappa shape index (κ3) is 3.77. The monoisotopic (exact) mass is 345 g/mol. The second-order valence-electron chi connectivity index (χ2n) is 6.06. The maximum Gasteiger partial charge on any atom is 0.175 e. The van der Waals surface area contributed by atoms with Crippen LogP contribution in [0.1, 0.15) is 16.8 Å². The molecule has 0 aliphatic heterocycles. The number of aromatic nitrogens is 6. The van der Waals surface area contributed by atoms with Gasteiger partial charge in [0.05, 0.1) is 12.2 Å². The molecule has 1 aromatic carbocycles. The first-order valence-corrected chi connectivity index (χ1v) is 8.42. The molecule has 0 bridgehead atoms. The highest BCUT2D eigenvalue weighted by molar-refractivity contribution is 5.37. The Bertz CT molecular complexity index is 971. The van der Waals surface area contributed by atoms with Crippen molar-refractivity contribution in [1.29, 1.82) is 0 Å². The highest BCUT2D eigenvalue weighted by Crippen LogP contribution is 2.11. The number of nitrogens with one attached hydrogen (secondary N) is 1. The molecule has 0 spiro atoms. The van der Waals surface area contributed by atoms with Crippen LogP contribution >= 0.6 is 0 Å². The molecule has 7 heteroatoms. The van der Waals surface area contributed by atoms with Gasteiger partial charge in [-0.2, -0.15) is 10.2 Å². The Hall–Kier alpha value is -3.48. The Balaban J connectivity index is 1.39. The summed E-state index contributed by atoms with van der Waals surface area (Å²) in [5.41, 5.74) is 3.34. The van der Waals surface area contributed by atoms with Crippen LogP contribution in [0.4, 0.5) is 5.82 Å². The zero-order valence-electron chi connectivity index (χ0n) is 14.4. The van der Waals surface area contributed by atoms with Crippen molar-refractivity contribution in [1.82, 2.24) is 29.8 Å². The van der Waals surface area contributed by atoms with Crippen LogP contribution in [-0.4, -0.2) is 29.8 Å². The van der Waals surface area contributed by atoms with Crippen molar-refractivity contribution in [3.8, 4) is 5.82 Å². The average molecular weight is 345 g/mol. The van der Waals surface area contributed by atoms with Gasteiger partial charge in [-0.3, -0.25) is 4.68 Å². The van der Waals surface area contributed by atoms with E-state index in [1.807, 2.05) is 48.3 Å². The molecule has 7 nitrogen and oxygen atoms in total. The molecule has 4 aromatic rings. The maximum atomic E-state index is 4.33. The zero-order valence-corrected chi connectivity index (χ0v) is 14.4. The van der Waals surface area contributed by atoms with E-state index in [4.69, 9.17) is 0 Å². The van der Waals surface area contributed by atoms with Gasteiger partial charge in [-0.25, -0.2) is 4.68 Å². The number of hydrogen-bond acceptors (Lipinski definition) is 5. The highest BCUT2D eigenvalue weighted by Gasteiger charge is 2.03. The Labute approximate surface area is 151 Å². The molecule has 0 unspecified atom stereocenters. The van der Waals surface area contributed by atoms with Gasteiger partial charge in [-0.15, -0.1) is 10.2 Å². The molecule has 0 saturated carbocycles. The van der Waals surface area contributed by atoms with Gasteiger partial charge < -0.3 is 5.32 Å². The third-order valence-corrected chi connectivity index (χ3v) is 3.98. The summed E-state index contributed by atoms with van der Waals surface area (Å²) in [7, 11) is 0. The van der Waals surface area contributed by atoms with Crippen molar-refractivity contribution in [3.05, 3.63) is 83.9 Å². The summed E-state index contributed by atoms with van der Waals surface area (Å²) in [5.74, 6) is 1.43. The summed E-state index contributed by atoms with van der Waals surface area (Å²) in [5, 5.41) is 20.3. The first kappa shape index (κ1) is 16.0. The van der Waals surface area contributed by atoms with Crippen molar-refractivity contribution in [2.75, 3.05) is 5.32 Å². The molecule has 0 amide bonds. The number of rotatable bonds is 6. The van der Waals surface area contributed by atoms with Crippen LogP contribution in [-0.2, 0) is 13.1 Å². The molecule has 3 aromatic heterocycles. The average Bonchev–Trinajstić information content (AvgIpc) is 3.33. The predicted molar refractivity (Wildman–Crippen MR) is 99.0 cm³/mol. The fourth-order valence-corrected chi connectivity index (χ4v) is 2.70. The molecule has 1 N–H and O–H groups in total. The largest absolute Gasteiger partial charge is 0.365 e. The molecule has 0 radical (unpaired) electrons. The lowest BCUT2D eigenvalue weighted by Gasteiger charge is -2.08. The van der Waals surface area contributed by atoms with Crippen molar-refractivity contribution >= 4 is 5.82 Å². The Morgan fingerprint density at radius 2 is 1.88 bits per heavy atom. The van der Waals surface area contributed by atoms with E-state index in [0.717, 1.165) is 18.1 Å². The Kier molecular flexibility index (Phi) is 4.42. The summed E-state index contributed by atoms with van der Waals surface area (Å²) < 4.78 is 3.62. The fourth-order valence-electron chi connectivity index (χ4n) is 2.70. The quantitative estimate of drug-likeness (QED) is 0.582. The molecule has 3 heterocycles. The van der Waals surface area contributed by atoms with Crippen molar-refractivity contribution < 1.29 is 0 Å². The van der Waals surface area contributed by atoms with Crippen LogP contribution in [0.15, 0.2) is 67.1 Å². The van der Waals surface area contributed by atoms with E-state index in [2.05, 4.69) is 50.0 Å². The minimum atomic E-state index is 0.682. The SMILES string of the molecule is Cc1ccn(-c2ccc(NCc3cccc(Cn4cccn4)c3)nn2)n1. The Morgan fingerprint density at radius 1 is 0.962 bits per heavy atom. The molecular formula is C19H19N7. The lowest BCUT2D eigenvalue weighted by atomic mass is 10.1. The third-order valence-electron chi connectivity index (χ3n) is 3.98. The van der Waals surface area contributed by atoms with Crippen molar-refractivity contribution in [3.63, 3.8) is 0 Å². The predicted octanol–water partition coefficient (Wildman–Crippen LogP) is 2.83. The number of nitrogens with zero attached hydrogens (tertiary/aromatic N) is 6. The molecule has 4 rings (SSSR count). The second-order valence-corrected chi connectivity index (χ2v) is 6.06. The summed E-state index contributed by atoms with van der Waals surface area (Å²) in [4.78, 5) is 0. The number of aryl methyl sites for hydroxylation is 1. The van der Waals surface area contributed by atoms with Gasteiger partial charge in [0.15, 0.2) is 5.82 Å². The number of hydrogen-bond donors (Lipinski definition) is 1. The van der Waals surface area contributed by atoms with Crippen LogP contribution in [0.2, 0.25) is 0 Å². The number of anilines is 1. The van der Waals surface area contributed by atoms with Gasteiger partial charge in [0.1, 0.15) is 5.82 Å². The van der Waals surface area contributed by atoms with Crippen LogP contribution in [0.3, 0.4) is 0 Å². The molecule has 0 saturated heterocycles. The molecule has 130 valence electrons. The fraction of sp³-hybridized carbons (Fsp3) is 0.158. The van der Waals surface area contributed by atoms with Crippen LogP contribution < -0.4 is 5.32 Å². The smallest absolute Gasteiger partial charge is 0.175 e. The van der Waals surface area contributed by atoms with E-state index in [-0.39, 0.29) is 0 Å². The van der Waals surface area contributed by atoms with Gasteiger partial charge >= 0.3 is 0 Å². The van der Waals surface area contributed by atoms with E-state index in [1.54, 1.807) is 10.9 Å². The van der Waals surface area contributed by atoms with Crippen LogP contribution in [0.25, 0.3) is 5.82 Å². The lowest BCUT2D eigenvalue weighted by molar-refractivity contribution is 0.686.